The summed E-state index contributed by atoms with van der Waals surface area (Å²) in [6.07, 6.45) is 0.864. The predicted octanol–water partition coefficient (Wildman–Crippen LogP) is 1.88. The van der Waals surface area contributed by atoms with E-state index in [1.165, 1.54) is 0 Å². The molecule has 0 radical (unpaired) electrons. The number of pyridine rings is 1. The van der Waals surface area contributed by atoms with Crippen LogP contribution in [0.5, 0.6) is 0 Å². The van der Waals surface area contributed by atoms with Crippen LogP contribution in [-0.4, -0.2) is 41.0 Å². The van der Waals surface area contributed by atoms with E-state index < -0.39 is 17.4 Å². The number of nitrogens with two attached hydrogens (primary N) is 1. The van der Waals surface area contributed by atoms with Gasteiger partial charge in [-0.25, -0.2) is 0 Å². The number of aliphatic hydroxyl groups is 1. The molecule has 1 aromatic heterocycles. The minimum absolute atomic E-state index is 0.0380. The standard InChI is InChI=1S/C19H25N3O2/c1-14(22(2)3)13-19(18(20)24,15-9-5-4-6-10-15)17(23)16-11-7-8-12-21-16/h4-12,14,17,23H,13H2,1-3H3,(H2,20,24). The van der Waals surface area contributed by atoms with Crippen LogP contribution in [0.15, 0.2) is 54.7 Å². The van der Waals surface area contributed by atoms with Gasteiger partial charge in [-0.3, -0.25) is 9.78 Å². The Labute approximate surface area is 143 Å². The van der Waals surface area contributed by atoms with Crippen LogP contribution >= 0.6 is 0 Å². The molecule has 0 bridgehead atoms. The van der Waals surface area contributed by atoms with Crippen molar-refractivity contribution in [2.24, 2.45) is 5.73 Å². The summed E-state index contributed by atoms with van der Waals surface area (Å²) < 4.78 is 0. The molecule has 0 aliphatic rings. The Hall–Kier alpha value is -2.24. The Bertz CT molecular complexity index is 661. The van der Waals surface area contributed by atoms with Crippen molar-refractivity contribution in [3.63, 3.8) is 0 Å². The van der Waals surface area contributed by atoms with Crippen LogP contribution in [0.4, 0.5) is 0 Å². The summed E-state index contributed by atoms with van der Waals surface area (Å²) in [5.41, 5.74) is 5.73. The van der Waals surface area contributed by atoms with Crippen molar-refractivity contribution in [1.82, 2.24) is 9.88 Å². The molecule has 0 aliphatic carbocycles. The number of carbonyl (C=O) groups is 1. The van der Waals surface area contributed by atoms with E-state index in [0.717, 1.165) is 0 Å². The lowest BCUT2D eigenvalue weighted by atomic mass is 9.69. The monoisotopic (exact) mass is 327 g/mol. The third-order valence-corrected chi connectivity index (χ3v) is 4.66. The summed E-state index contributed by atoms with van der Waals surface area (Å²) in [4.78, 5) is 18.8. The largest absolute Gasteiger partial charge is 0.385 e. The molecule has 1 aromatic carbocycles. The van der Waals surface area contributed by atoms with Crippen LogP contribution in [0.25, 0.3) is 0 Å². The third-order valence-electron chi connectivity index (χ3n) is 4.66. The smallest absolute Gasteiger partial charge is 0.231 e. The van der Waals surface area contributed by atoms with Crippen LogP contribution in [0, 0.1) is 0 Å². The number of hydrogen-bond donors (Lipinski definition) is 2. The molecule has 1 heterocycles. The second kappa shape index (κ2) is 7.55. The summed E-state index contributed by atoms with van der Waals surface area (Å²) in [6, 6.07) is 14.5. The lowest BCUT2D eigenvalue weighted by molar-refractivity contribution is -0.129. The molecule has 1 amide bonds. The van der Waals surface area contributed by atoms with Gasteiger partial charge in [0.15, 0.2) is 0 Å². The van der Waals surface area contributed by atoms with E-state index >= 15 is 0 Å². The lowest BCUT2D eigenvalue weighted by Gasteiger charge is -2.38. The summed E-state index contributed by atoms with van der Waals surface area (Å²) in [6.45, 7) is 2.01. The highest BCUT2D eigenvalue weighted by molar-refractivity contribution is 5.87. The number of rotatable bonds is 7. The number of nitrogens with zero attached hydrogens (tertiary/aromatic N) is 2. The maximum Gasteiger partial charge on any atom is 0.231 e. The summed E-state index contributed by atoms with van der Waals surface area (Å²) in [5, 5.41) is 11.1. The molecular weight excluding hydrogens is 302 g/mol. The Balaban J connectivity index is 2.60. The van der Waals surface area contributed by atoms with E-state index in [0.29, 0.717) is 17.7 Å². The Morgan fingerprint density at radius 3 is 2.33 bits per heavy atom. The first kappa shape index (κ1) is 18.1. The minimum Gasteiger partial charge on any atom is -0.385 e. The Morgan fingerprint density at radius 1 is 1.21 bits per heavy atom. The zero-order valence-corrected chi connectivity index (χ0v) is 14.4. The van der Waals surface area contributed by atoms with E-state index in [4.69, 9.17) is 5.73 Å². The zero-order chi connectivity index (χ0) is 17.7. The van der Waals surface area contributed by atoms with E-state index in [1.807, 2.05) is 56.3 Å². The van der Waals surface area contributed by atoms with Crippen molar-refractivity contribution in [1.29, 1.82) is 0 Å². The van der Waals surface area contributed by atoms with E-state index in [-0.39, 0.29) is 6.04 Å². The lowest BCUT2D eigenvalue weighted by Crippen LogP contribution is -2.50. The molecule has 3 N–H and O–H groups in total. The Morgan fingerprint density at radius 2 is 1.83 bits per heavy atom. The predicted molar refractivity (Wildman–Crippen MR) is 94.3 cm³/mol. The van der Waals surface area contributed by atoms with Crippen molar-refractivity contribution < 1.29 is 9.90 Å². The van der Waals surface area contributed by atoms with Gasteiger partial charge in [0.1, 0.15) is 11.5 Å². The third kappa shape index (κ3) is 3.47. The summed E-state index contributed by atoms with van der Waals surface area (Å²) in [7, 11) is 3.88. The normalized spacial score (nSPS) is 16.4. The number of aromatic nitrogens is 1. The fourth-order valence-electron chi connectivity index (χ4n) is 2.94. The second-order valence-corrected chi connectivity index (χ2v) is 6.38. The van der Waals surface area contributed by atoms with Gasteiger partial charge >= 0.3 is 0 Å². The molecule has 5 heteroatoms. The average molecular weight is 327 g/mol. The van der Waals surface area contributed by atoms with Crippen LogP contribution in [-0.2, 0) is 10.2 Å². The van der Waals surface area contributed by atoms with E-state index in [2.05, 4.69) is 4.98 Å². The first-order chi connectivity index (χ1) is 11.4. The van der Waals surface area contributed by atoms with Crippen molar-refractivity contribution in [3.8, 4) is 0 Å². The van der Waals surface area contributed by atoms with E-state index in [9.17, 15) is 9.90 Å². The topological polar surface area (TPSA) is 79.5 Å². The van der Waals surface area contributed by atoms with Crippen molar-refractivity contribution >= 4 is 5.91 Å². The van der Waals surface area contributed by atoms with Crippen LogP contribution in [0.2, 0.25) is 0 Å². The highest BCUT2D eigenvalue weighted by Gasteiger charge is 2.47. The summed E-state index contributed by atoms with van der Waals surface area (Å²) in [5.74, 6) is -0.555. The van der Waals surface area contributed by atoms with Gasteiger partial charge in [0.05, 0.1) is 5.69 Å². The molecule has 2 aromatic rings. The molecule has 0 saturated heterocycles. The van der Waals surface area contributed by atoms with Crippen LogP contribution in [0.3, 0.4) is 0 Å². The number of aliphatic hydroxyl groups excluding tert-OH is 1. The van der Waals surface area contributed by atoms with Crippen LogP contribution < -0.4 is 5.73 Å². The van der Waals surface area contributed by atoms with E-state index in [1.54, 1.807) is 24.4 Å². The SMILES string of the molecule is CC(CC(C(N)=O)(c1ccccc1)C(O)c1ccccn1)N(C)C. The van der Waals surface area contributed by atoms with Crippen molar-refractivity contribution in [3.05, 3.63) is 66.0 Å². The number of benzene rings is 1. The molecule has 128 valence electrons. The second-order valence-electron chi connectivity index (χ2n) is 6.38. The molecule has 5 nitrogen and oxygen atoms in total. The van der Waals surface area contributed by atoms with Gasteiger partial charge in [-0.2, -0.15) is 0 Å². The van der Waals surface area contributed by atoms with Gasteiger partial charge in [0.2, 0.25) is 5.91 Å². The molecule has 0 aliphatic heterocycles. The molecule has 0 fully saturated rings. The zero-order valence-electron chi connectivity index (χ0n) is 14.4. The molecule has 24 heavy (non-hydrogen) atoms. The molecule has 2 rings (SSSR count). The molecule has 0 saturated carbocycles. The minimum atomic E-state index is -1.25. The maximum absolute atomic E-state index is 12.6. The molecule has 3 atom stereocenters. The highest BCUT2D eigenvalue weighted by Crippen LogP contribution is 2.41. The molecular formula is C19H25N3O2. The highest BCUT2D eigenvalue weighted by atomic mass is 16.3. The number of hydrogen-bond acceptors (Lipinski definition) is 4. The molecule has 3 unspecified atom stereocenters. The number of amides is 1. The fraction of sp³-hybridized carbons (Fsp3) is 0.368. The quantitative estimate of drug-likeness (QED) is 0.814. The van der Waals surface area contributed by atoms with Gasteiger partial charge in [-0.1, -0.05) is 36.4 Å². The Kier molecular flexibility index (Phi) is 5.70. The summed E-state index contributed by atoms with van der Waals surface area (Å²) >= 11 is 0. The number of primary amides is 1. The van der Waals surface area contributed by atoms with Gasteiger partial charge < -0.3 is 15.7 Å². The van der Waals surface area contributed by atoms with Crippen LogP contribution in [0.1, 0.15) is 30.7 Å². The van der Waals surface area contributed by atoms with Gasteiger partial charge in [0, 0.05) is 12.2 Å². The number of carbonyl (C=O) groups excluding carboxylic acids is 1. The first-order valence-electron chi connectivity index (χ1n) is 8.00. The van der Waals surface area contributed by atoms with Gasteiger partial charge in [-0.15, -0.1) is 0 Å². The first-order valence-corrected chi connectivity index (χ1v) is 8.00. The van der Waals surface area contributed by atoms with Crippen molar-refractivity contribution in [2.45, 2.75) is 30.9 Å². The fourth-order valence-corrected chi connectivity index (χ4v) is 2.94. The molecule has 0 spiro atoms. The van der Waals surface area contributed by atoms with Crippen molar-refractivity contribution in [2.75, 3.05) is 14.1 Å². The average Bonchev–Trinajstić information content (AvgIpc) is 2.60. The van der Waals surface area contributed by atoms with Gasteiger partial charge in [0.25, 0.3) is 0 Å². The maximum atomic E-state index is 12.6. The van der Waals surface area contributed by atoms with Gasteiger partial charge in [-0.05, 0) is 45.1 Å².